The monoisotopic (exact) mass is 409 g/mol. The first-order chi connectivity index (χ1) is 13.8. The minimum absolute atomic E-state index is 0.174. The molecule has 0 bridgehead atoms. The molecule has 0 aromatic heterocycles. The lowest BCUT2D eigenvalue weighted by molar-refractivity contribution is -0.145. The largest absolute Gasteiger partial charge is 0.493 e. The first kappa shape index (κ1) is 24.3. The first-order valence-electron chi connectivity index (χ1n) is 9.67. The van der Waals surface area contributed by atoms with Gasteiger partial charge >= 0.3 is 11.9 Å². The maximum atomic E-state index is 12.3. The van der Waals surface area contributed by atoms with Crippen LogP contribution < -0.4 is 14.8 Å². The Bertz CT molecular complexity index is 688. The number of carbonyl (C=O) groups is 3. The van der Waals surface area contributed by atoms with E-state index in [9.17, 15) is 14.4 Å². The van der Waals surface area contributed by atoms with Crippen LogP contribution in [0.3, 0.4) is 0 Å². The Morgan fingerprint density at radius 1 is 1.10 bits per heavy atom. The van der Waals surface area contributed by atoms with E-state index in [0.717, 1.165) is 12.8 Å². The molecule has 0 aliphatic carbocycles. The van der Waals surface area contributed by atoms with Gasteiger partial charge in [-0.2, -0.15) is 0 Å². The third kappa shape index (κ3) is 8.41. The number of esters is 2. The highest BCUT2D eigenvalue weighted by Gasteiger charge is 2.23. The number of hydrogen-bond acceptors (Lipinski definition) is 7. The van der Waals surface area contributed by atoms with Gasteiger partial charge in [0.25, 0.3) is 5.91 Å². The van der Waals surface area contributed by atoms with Crippen LogP contribution in [0.15, 0.2) is 18.2 Å². The summed E-state index contributed by atoms with van der Waals surface area (Å²) in [6.45, 7) is 5.94. The molecule has 162 valence electrons. The van der Waals surface area contributed by atoms with Crippen LogP contribution in [-0.2, 0) is 19.1 Å². The van der Waals surface area contributed by atoms with Crippen LogP contribution in [-0.4, -0.2) is 51.3 Å². The van der Waals surface area contributed by atoms with Crippen molar-refractivity contribution in [3.8, 4) is 11.5 Å². The first-order valence-corrected chi connectivity index (χ1v) is 9.67. The van der Waals surface area contributed by atoms with Gasteiger partial charge in [-0.15, -0.1) is 0 Å². The Labute approximate surface area is 171 Å². The number of ether oxygens (including phenoxy) is 4. The molecule has 1 aromatic carbocycles. The van der Waals surface area contributed by atoms with E-state index in [-0.39, 0.29) is 11.5 Å². The number of carbonyl (C=O) groups excluding carboxylic acids is 3. The number of amides is 1. The predicted octanol–water partition coefficient (Wildman–Crippen LogP) is 2.73. The highest BCUT2D eigenvalue weighted by atomic mass is 16.5. The molecular weight excluding hydrogens is 378 g/mol. The van der Waals surface area contributed by atoms with Crippen molar-refractivity contribution in [2.24, 2.45) is 5.92 Å². The van der Waals surface area contributed by atoms with Gasteiger partial charge in [-0.05, 0) is 37.0 Å². The Morgan fingerprint density at radius 3 is 2.41 bits per heavy atom. The summed E-state index contributed by atoms with van der Waals surface area (Å²) in [5, 5.41) is 2.53. The van der Waals surface area contributed by atoms with Crippen LogP contribution in [0.1, 0.15) is 50.4 Å². The van der Waals surface area contributed by atoms with Crippen molar-refractivity contribution in [3.05, 3.63) is 23.8 Å². The van der Waals surface area contributed by atoms with Crippen LogP contribution in [0.4, 0.5) is 0 Å². The van der Waals surface area contributed by atoms with Crippen molar-refractivity contribution < 1.29 is 33.3 Å². The van der Waals surface area contributed by atoms with Crippen LogP contribution in [0.5, 0.6) is 11.5 Å². The lowest BCUT2D eigenvalue weighted by Crippen LogP contribution is -2.44. The summed E-state index contributed by atoms with van der Waals surface area (Å²) in [5.41, 5.74) is 0.226. The molecule has 0 saturated carbocycles. The molecule has 0 heterocycles. The van der Waals surface area contributed by atoms with Crippen molar-refractivity contribution in [1.82, 2.24) is 5.32 Å². The molecule has 1 atom stereocenters. The number of rotatable bonds is 12. The van der Waals surface area contributed by atoms with E-state index in [1.54, 1.807) is 12.1 Å². The van der Waals surface area contributed by atoms with E-state index in [4.69, 9.17) is 18.9 Å². The minimum atomic E-state index is -0.786. The third-order valence-corrected chi connectivity index (χ3v) is 4.02. The quantitative estimate of drug-likeness (QED) is 0.418. The lowest BCUT2D eigenvalue weighted by Gasteiger charge is -2.18. The van der Waals surface area contributed by atoms with Gasteiger partial charge in [0.15, 0.2) is 18.1 Å². The smallest absolute Gasteiger partial charge is 0.338 e. The fraction of sp³-hybridized carbons (Fsp3) is 0.571. The Hall–Kier alpha value is -2.77. The van der Waals surface area contributed by atoms with E-state index in [1.807, 2.05) is 13.8 Å². The average Bonchev–Trinajstić information content (AvgIpc) is 2.70. The summed E-state index contributed by atoms with van der Waals surface area (Å²) in [4.78, 5) is 36.1. The van der Waals surface area contributed by atoms with Gasteiger partial charge < -0.3 is 24.3 Å². The Kier molecular flexibility index (Phi) is 10.6. The van der Waals surface area contributed by atoms with Crippen molar-refractivity contribution in [1.29, 1.82) is 0 Å². The van der Waals surface area contributed by atoms with Crippen LogP contribution in [0.2, 0.25) is 0 Å². The fourth-order valence-corrected chi connectivity index (χ4v) is 2.52. The summed E-state index contributed by atoms with van der Waals surface area (Å²) in [5.74, 6) is -0.695. The summed E-state index contributed by atoms with van der Waals surface area (Å²) >= 11 is 0. The molecular formula is C21H31NO7. The van der Waals surface area contributed by atoms with Gasteiger partial charge in [0, 0.05) is 0 Å². The second-order valence-electron chi connectivity index (χ2n) is 6.92. The third-order valence-electron chi connectivity index (χ3n) is 4.02. The van der Waals surface area contributed by atoms with Crippen molar-refractivity contribution in [3.63, 3.8) is 0 Å². The van der Waals surface area contributed by atoms with Gasteiger partial charge in [-0.3, -0.25) is 4.79 Å². The van der Waals surface area contributed by atoms with Crippen molar-refractivity contribution >= 4 is 17.8 Å². The molecule has 1 aromatic rings. The van der Waals surface area contributed by atoms with Crippen LogP contribution in [0.25, 0.3) is 0 Å². The minimum Gasteiger partial charge on any atom is -0.493 e. The molecule has 8 nitrogen and oxygen atoms in total. The Morgan fingerprint density at radius 2 is 1.83 bits per heavy atom. The zero-order chi connectivity index (χ0) is 21.8. The summed E-state index contributed by atoms with van der Waals surface area (Å²) < 4.78 is 20.6. The number of nitrogens with one attached hydrogen (secondary N) is 1. The maximum Gasteiger partial charge on any atom is 0.338 e. The SMILES string of the molecule is CCCCOc1ccc(C(=O)OCC(=O)NC(CC(C)C)C(=O)OC)cc1OC. The highest BCUT2D eigenvalue weighted by Crippen LogP contribution is 2.28. The molecule has 0 aliphatic heterocycles. The summed E-state index contributed by atoms with van der Waals surface area (Å²) in [6, 6.07) is 3.88. The molecule has 0 radical (unpaired) electrons. The summed E-state index contributed by atoms with van der Waals surface area (Å²) in [7, 11) is 2.73. The molecule has 0 aliphatic rings. The predicted molar refractivity (Wildman–Crippen MR) is 107 cm³/mol. The second kappa shape index (κ2) is 12.6. The molecule has 8 heteroatoms. The topological polar surface area (TPSA) is 100 Å². The van der Waals surface area contributed by atoms with Gasteiger partial charge in [0.1, 0.15) is 6.04 Å². The standard InChI is InChI=1S/C21H31NO7/c1-6-7-10-28-17-9-8-15(12-18(17)26-4)20(24)29-13-19(23)22-16(11-14(2)3)21(25)27-5/h8-9,12,14,16H,6-7,10-11,13H2,1-5H3,(H,22,23). The molecule has 1 rings (SSSR count). The maximum absolute atomic E-state index is 12.3. The number of methoxy groups -OCH3 is 2. The molecule has 1 N–H and O–H groups in total. The lowest BCUT2D eigenvalue weighted by atomic mass is 10.0. The van der Waals surface area contributed by atoms with Crippen molar-refractivity contribution in [2.75, 3.05) is 27.4 Å². The molecule has 0 saturated heterocycles. The summed E-state index contributed by atoms with van der Waals surface area (Å²) in [6.07, 6.45) is 2.33. The van der Waals surface area contributed by atoms with Gasteiger partial charge in [-0.1, -0.05) is 27.2 Å². The van der Waals surface area contributed by atoms with E-state index >= 15 is 0 Å². The Balaban J connectivity index is 2.66. The fourth-order valence-electron chi connectivity index (χ4n) is 2.52. The normalized spacial score (nSPS) is 11.5. The number of unbranched alkanes of at least 4 members (excludes halogenated alkanes) is 1. The van der Waals surface area contributed by atoms with Crippen LogP contribution in [0, 0.1) is 5.92 Å². The van der Waals surface area contributed by atoms with E-state index in [0.29, 0.717) is 24.5 Å². The zero-order valence-corrected chi connectivity index (χ0v) is 17.8. The van der Waals surface area contributed by atoms with E-state index in [1.165, 1.54) is 20.3 Å². The van der Waals surface area contributed by atoms with Crippen molar-refractivity contribution in [2.45, 2.75) is 46.1 Å². The zero-order valence-electron chi connectivity index (χ0n) is 17.8. The number of hydrogen-bond donors (Lipinski definition) is 1. The molecule has 0 fully saturated rings. The molecule has 1 amide bonds. The number of benzene rings is 1. The van der Waals surface area contributed by atoms with Gasteiger partial charge in [0.05, 0.1) is 26.4 Å². The van der Waals surface area contributed by atoms with Gasteiger partial charge in [0.2, 0.25) is 0 Å². The second-order valence-corrected chi connectivity index (χ2v) is 6.92. The molecule has 0 spiro atoms. The van der Waals surface area contributed by atoms with Crippen LogP contribution >= 0.6 is 0 Å². The van der Waals surface area contributed by atoms with E-state index < -0.39 is 30.5 Å². The molecule has 1 unspecified atom stereocenters. The highest BCUT2D eigenvalue weighted by molar-refractivity contribution is 5.92. The van der Waals surface area contributed by atoms with E-state index in [2.05, 4.69) is 12.2 Å². The average molecular weight is 409 g/mol. The molecule has 29 heavy (non-hydrogen) atoms. The van der Waals surface area contributed by atoms with Gasteiger partial charge in [-0.25, -0.2) is 9.59 Å².